The van der Waals surface area contributed by atoms with Crippen LogP contribution < -0.4 is 0 Å². The van der Waals surface area contributed by atoms with Crippen LogP contribution in [0.15, 0.2) is 36.5 Å². The minimum absolute atomic E-state index is 0.0645. The summed E-state index contributed by atoms with van der Waals surface area (Å²) >= 11 is 0. The van der Waals surface area contributed by atoms with Crippen molar-refractivity contribution in [1.82, 2.24) is 0 Å². The average Bonchev–Trinajstić information content (AvgIpc) is 2.44. The smallest absolute Gasteiger partial charge is 0.305 e. The molecule has 0 N–H and O–H groups in total. The Bertz CT molecular complexity index is 301. The lowest BCUT2D eigenvalue weighted by molar-refractivity contribution is -0.143. The lowest BCUT2D eigenvalue weighted by Gasteiger charge is -2.00. The normalized spacial score (nSPS) is 11.9. The lowest BCUT2D eigenvalue weighted by atomic mass is 10.1. The third-order valence-corrected chi connectivity index (χ3v) is 2.84. The van der Waals surface area contributed by atoms with Gasteiger partial charge < -0.3 is 4.74 Å². The summed E-state index contributed by atoms with van der Waals surface area (Å²) in [6.07, 6.45) is 21.3. The molecule has 0 spiro atoms. The first-order valence-corrected chi connectivity index (χ1v) is 7.91. The number of ether oxygens (including phenoxy) is 1. The van der Waals surface area contributed by atoms with Crippen LogP contribution in [0.1, 0.15) is 65.2 Å². The Morgan fingerprint density at radius 2 is 1.50 bits per heavy atom. The molecule has 2 heteroatoms. The minimum atomic E-state index is -0.0645. The van der Waals surface area contributed by atoms with Gasteiger partial charge in [0.1, 0.15) is 0 Å². The van der Waals surface area contributed by atoms with Gasteiger partial charge in [0, 0.05) is 6.42 Å². The SMILES string of the molecule is CCC=CCC=CC/C=C\CCCCCC(=O)OCC. The zero-order valence-electron chi connectivity index (χ0n) is 13.1. The second-order valence-electron chi connectivity index (χ2n) is 4.70. The van der Waals surface area contributed by atoms with Crippen LogP contribution >= 0.6 is 0 Å². The minimum Gasteiger partial charge on any atom is -0.466 e. The van der Waals surface area contributed by atoms with Crippen LogP contribution in [0.5, 0.6) is 0 Å². The van der Waals surface area contributed by atoms with Crippen molar-refractivity contribution >= 4 is 5.97 Å². The zero-order chi connectivity index (χ0) is 14.9. The number of unbranched alkanes of at least 4 members (excludes halogenated alkanes) is 3. The number of hydrogen-bond acceptors (Lipinski definition) is 2. The van der Waals surface area contributed by atoms with E-state index >= 15 is 0 Å². The molecule has 0 bridgehead atoms. The summed E-state index contributed by atoms with van der Waals surface area (Å²) in [6, 6.07) is 0. The van der Waals surface area contributed by atoms with Crippen LogP contribution in [-0.2, 0) is 9.53 Å². The highest BCUT2D eigenvalue weighted by molar-refractivity contribution is 5.69. The van der Waals surface area contributed by atoms with Gasteiger partial charge >= 0.3 is 5.97 Å². The molecule has 0 unspecified atom stereocenters. The average molecular weight is 278 g/mol. The number of carbonyl (C=O) groups is 1. The summed E-state index contributed by atoms with van der Waals surface area (Å²) in [6.45, 7) is 4.48. The van der Waals surface area contributed by atoms with Crippen molar-refractivity contribution in [1.29, 1.82) is 0 Å². The fourth-order valence-electron chi connectivity index (χ4n) is 1.77. The van der Waals surface area contributed by atoms with Gasteiger partial charge in [-0.2, -0.15) is 0 Å². The molecule has 2 nitrogen and oxygen atoms in total. The third kappa shape index (κ3) is 14.7. The summed E-state index contributed by atoms with van der Waals surface area (Å²) in [5.74, 6) is -0.0645. The molecule has 0 aromatic carbocycles. The van der Waals surface area contributed by atoms with Gasteiger partial charge in [-0.3, -0.25) is 4.79 Å². The second kappa shape index (κ2) is 15.7. The first-order chi connectivity index (χ1) is 9.81. The molecule has 0 radical (unpaired) electrons. The van der Waals surface area contributed by atoms with E-state index in [4.69, 9.17) is 4.74 Å². The first kappa shape index (κ1) is 18.7. The van der Waals surface area contributed by atoms with E-state index < -0.39 is 0 Å². The molecule has 0 aromatic heterocycles. The number of esters is 1. The maximum atomic E-state index is 11.1. The Kier molecular flexibility index (Phi) is 14.7. The Morgan fingerprint density at radius 1 is 0.850 bits per heavy atom. The number of carbonyl (C=O) groups excluding carboxylic acids is 1. The summed E-state index contributed by atoms with van der Waals surface area (Å²) in [4.78, 5) is 11.1. The van der Waals surface area contributed by atoms with Gasteiger partial charge in [0.25, 0.3) is 0 Å². The van der Waals surface area contributed by atoms with Crippen LogP contribution in [0.2, 0.25) is 0 Å². The second-order valence-corrected chi connectivity index (χ2v) is 4.70. The van der Waals surface area contributed by atoms with Gasteiger partial charge in [0.2, 0.25) is 0 Å². The van der Waals surface area contributed by atoms with E-state index in [2.05, 4.69) is 43.4 Å². The van der Waals surface area contributed by atoms with Crippen LogP contribution in [0.3, 0.4) is 0 Å². The molecule has 0 aliphatic rings. The summed E-state index contributed by atoms with van der Waals surface area (Å²) in [5.41, 5.74) is 0. The van der Waals surface area contributed by atoms with E-state index in [1.807, 2.05) is 6.92 Å². The summed E-state index contributed by atoms with van der Waals surface area (Å²) < 4.78 is 4.88. The molecule has 0 atom stereocenters. The van der Waals surface area contributed by atoms with E-state index in [1.54, 1.807) is 0 Å². The molecule has 0 saturated heterocycles. The maximum absolute atomic E-state index is 11.1. The zero-order valence-corrected chi connectivity index (χ0v) is 13.1. The molecule has 0 aliphatic heterocycles. The van der Waals surface area contributed by atoms with Crippen LogP contribution in [0, 0.1) is 0 Å². The van der Waals surface area contributed by atoms with Crippen LogP contribution in [-0.4, -0.2) is 12.6 Å². The highest BCUT2D eigenvalue weighted by Crippen LogP contribution is 2.05. The van der Waals surface area contributed by atoms with Crippen molar-refractivity contribution in [2.75, 3.05) is 6.61 Å². The number of allylic oxidation sites excluding steroid dienone is 6. The first-order valence-electron chi connectivity index (χ1n) is 7.91. The molecule has 0 heterocycles. The quantitative estimate of drug-likeness (QED) is 0.273. The number of hydrogen-bond donors (Lipinski definition) is 0. The Labute approximate surface area is 124 Å². The fourth-order valence-corrected chi connectivity index (χ4v) is 1.77. The molecule has 0 aromatic rings. The molecular weight excluding hydrogens is 248 g/mol. The van der Waals surface area contributed by atoms with E-state index in [0.29, 0.717) is 13.0 Å². The van der Waals surface area contributed by atoms with Gasteiger partial charge in [-0.1, -0.05) is 49.8 Å². The molecule has 0 aliphatic carbocycles. The topological polar surface area (TPSA) is 26.3 Å². The van der Waals surface area contributed by atoms with Crippen molar-refractivity contribution in [3.05, 3.63) is 36.5 Å². The predicted octanol–water partition coefficient (Wildman–Crippen LogP) is 5.36. The van der Waals surface area contributed by atoms with E-state index in [-0.39, 0.29) is 5.97 Å². The van der Waals surface area contributed by atoms with Crippen molar-refractivity contribution in [2.45, 2.75) is 65.2 Å². The van der Waals surface area contributed by atoms with E-state index in [9.17, 15) is 4.79 Å². The lowest BCUT2D eigenvalue weighted by Crippen LogP contribution is -2.02. The molecule has 0 amide bonds. The maximum Gasteiger partial charge on any atom is 0.305 e. The standard InChI is InChI=1S/C18H30O2/c1-3-5-6-7-8-9-10-11-12-13-14-15-16-17-18(19)20-4-2/h5-6,8-9,11-12H,3-4,7,10,13-17H2,1-2H3/b6-5?,9-8?,12-11-. The largest absolute Gasteiger partial charge is 0.466 e. The van der Waals surface area contributed by atoms with Crippen molar-refractivity contribution < 1.29 is 9.53 Å². The monoisotopic (exact) mass is 278 g/mol. The molecule has 0 saturated carbocycles. The molecule has 20 heavy (non-hydrogen) atoms. The van der Waals surface area contributed by atoms with Gasteiger partial charge in [0.15, 0.2) is 0 Å². The van der Waals surface area contributed by atoms with Gasteiger partial charge in [0.05, 0.1) is 6.61 Å². The predicted molar refractivity (Wildman–Crippen MR) is 86.7 cm³/mol. The van der Waals surface area contributed by atoms with Gasteiger partial charge in [-0.05, 0) is 45.4 Å². The Balaban J connectivity index is 3.31. The van der Waals surface area contributed by atoms with E-state index in [1.165, 1.54) is 0 Å². The molecular formula is C18H30O2. The van der Waals surface area contributed by atoms with Crippen molar-refractivity contribution in [2.24, 2.45) is 0 Å². The third-order valence-electron chi connectivity index (χ3n) is 2.84. The van der Waals surface area contributed by atoms with Crippen LogP contribution in [0.25, 0.3) is 0 Å². The van der Waals surface area contributed by atoms with Crippen LogP contribution in [0.4, 0.5) is 0 Å². The van der Waals surface area contributed by atoms with Crippen molar-refractivity contribution in [3.63, 3.8) is 0 Å². The Morgan fingerprint density at radius 3 is 2.15 bits per heavy atom. The molecule has 0 fully saturated rings. The fraction of sp³-hybridized carbons (Fsp3) is 0.611. The summed E-state index contributed by atoms with van der Waals surface area (Å²) in [7, 11) is 0. The Hall–Kier alpha value is -1.31. The highest BCUT2D eigenvalue weighted by atomic mass is 16.5. The highest BCUT2D eigenvalue weighted by Gasteiger charge is 1.99. The van der Waals surface area contributed by atoms with Gasteiger partial charge in [-0.15, -0.1) is 0 Å². The molecule has 114 valence electrons. The van der Waals surface area contributed by atoms with Gasteiger partial charge in [-0.25, -0.2) is 0 Å². The van der Waals surface area contributed by atoms with E-state index in [0.717, 1.165) is 44.9 Å². The molecule has 0 rings (SSSR count). The number of rotatable bonds is 12. The van der Waals surface area contributed by atoms with Crippen molar-refractivity contribution in [3.8, 4) is 0 Å². The summed E-state index contributed by atoms with van der Waals surface area (Å²) in [5, 5.41) is 0.